The first-order chi connectivity index (χ1) is 15.9. The van der Waals surface area contributed by atoms with Crippen LogP contribution in [-0.2, 0) is 6.42 Å². The summed E-state index contributed by atoms with van der Waals surface area (Å²) in [6, 6.07) is 6.54. The van der Waals surface area contributed by atoms with Gasteiger partial charge in [0.1, 0.15) is 35.1 Å². The zero-order valence-corrected chi connectivity index (χ0v) is 17.4. The molecule has 5 rings (SSSR count). The Morgan fingerprint density at radius 1 is 1.00 bits per heavy atom. The highest BCUT2D eigenvalue weighted by atomic mass is 19.1. The van der Waals surface area contributed by atoms with Crippen molar-refractivity contribution in [3.63, 3.8) is 0 Å². The standard InChI is InChI=1S/C17H13F3N2O.C5H5N5/c1-2-3-16-21-15-5-4-10(18)9-14(15)17(23)22(16)13-7-11(19)6-12(20)8-13;6-4-3-5(9-1-7-3)10-2-8-4/h4-9H,2-3H2,1H3;1-2H,(H3,6,7,8,9,10). The maximum Gasteiger partial charge on any atom is 0.266 e. The lowest BCUT2D eigenvalue weighted by molar-refractivity contribution is 0.580. The summed E-state index contributed by atoms with van der Waals surface area (Å²) in [5.41, 5.74) is 6.62. The van der Waals surface area contributed by atoms with Gasteiger partial charge in [-0.15, -0.1) is 0 Å². The molecule has 3 N–H and O–H groups in total. The average molecular weight is 453 g/mol. The molecule has 0 aliphatic heterocycles. The first-order valence-corrected chi connectivity index (χ1v) is 9.94. The van der Waals surface area contributed by atoms with Crippen molar-refractivity contribution in [2.45, 2.75) is 19.8 Å². The first-order valence-electron chi connectivity index (χ1n) is 9.94. The van der Waals surface area contributed by atoms with Gasteiger partial charge >= 0.3 is 0 Å². The molecule has 0 radical (unpaired) electrons. The number of fused-ring (bicyclic) bond motifs is 2. The van der Waals surface area contributed by atoms with Crippen molar-refractivity contribution >= 4 is 27.9 Å². The van der Waals surface area contributed by atoms with Crippen molar-refractivity contribution < 1.29 is 13.2 Å². The monoisotopic (exact) mass is 453 g/mol. The Hall–Kier alpha value is -4.28. The quantitative estimate of drug-likeness (QED) is 0.431. The minimum Gasteiger partial charge on any atom is -0.382 e. The number of aromatic amines is 1. The van der Waals surface area contributed by atoms with E-state index in [2.05, 4.69) is 24.9 Å². The maximum atomic E-state index is 13.5. The average Bonchev–Trinajstić information content (AvgIpc) is 3.25. The van der Waals surface area contributed by atoms with E-state index in [1.54, 1.807) is 0 Å². The second-order valence-electron chi connectivity index (χ2n) is 7.07. The molecule has 8 nitrogen and oxygen atoms in total. The van der Waals surface area contributed by atoms with Crippen molar-refractivity contribution in [2.24, 2.45) is 0 Å². The molecule has 3 heterocycles. The third-order valence-electron chi connectivity index (χ3n) is 4.73. The molecule has 3 aromatic heterocycles. The Bertz CT molecular complexity index is 1490. The zero-order chi connectivity index (χ0) is 23.5. The predicted octanol–water partition coefficient (Wildman–Crippen LogP) is 3.69. The van der Waals surface area contributed by atoms with E-state index >= 15 is 0 Å². The number of aromatic nitrogens is 6. The van der Waals surface area contributed by atoms with Gasteiger partial charge < -0.3 is 10.7 Å². The van der Waals surface area contributed by atoms with Gasteiger partial charge in [0, 0.05) is 12.5 Å². The molecule has 0 aliphatic carbocycles. The molecule has 0 unspecified atom stereocenters. The summed E-state index contributed by atoms with van der Waals surface area (Å²) in [4.78, 5) is 31.4. The van der Waals surface area contributed by atoms with E-state index in [1.165, 1.54) is 24.8 Å². The lowest BCUT2D eigenvalue weighted by Crippen LogP contribution is -2.24. The summed E-state index contributed by atoms with van der Waals surface area (Å²) >= 11 is 0. The van der Waals surface area contributed by atoms with Crippen LogP contribution in [0.5, 0.6) is 0 Å². The summed E-state index contributed by atoms with van der Waals surface area (Å²) in [5, 5.41) is 0.0644. The van der Waals surface area contributed by atoms with Gasteiger partial charge in [0.2, 0.25) is 0 Å². The number of H-pyrrole nitrogens is 1. The van der Waals surface area contributed by atoms with E-state index in [0.717, 1.165) is 28.8 Å². The van der Waals surface area contributed by atoms with Gasteiger partial charge in [-0.05, 0) is 36.8 Å². The highest BCUT2D eigenvalue weighted by Gasteiger charge is 2.14. The molecule has 0 saturated carbocycles. The highest BCUT2D eigenvalue weighted by molar-refractivity contribution is 5.80. The van der Waals surface area contributed by atoms with Crippen LogP contribution in [0, 0.1) is 17.5 Å². The minimum absolute atomic E-state index is 0.0367. The van der Waals surface area contributed by atoms with Crippen LogP contribution >= 0.6 is 0 Å². The van der Waals surface area contributed by atoms with Gasteiger partial charge in [-0.25, -0.2) is 33.1 Å². The SMILES string of the molecule is CCCc1nc2ccc(F)cc2c(=O)n1-c1cc(F)cc(F)c1.Nc1ncnc2nc[nH]c12. The van der Waals surface area contributed by atoms with E-state index in [9.17, 15) is 18.0 Å². The van der Waals surface area contributed by atoms with E-state index < -0.39 is 23.0 Å². The Kier molecular flexibility index (Phi) is 6.03. The summed E-state index contributed by atoms with van der Waals surface area (Å²) in [5.74, 6) is -1.36. The molecule has 0 amide bonds. The van der Waals surface area contributed by atoms with E-state index in [0.29, 0.717) is 41.2 Å². The third-order valence-corrected chi connectivity index (χ3v) is 4.73. The Morgan fingerprint density at radius 3 is 2.45 bits per heavy atom. The fraction of sp³-hybridized carbons (Fsp3) is 0.136. The molecule has 0 atom stereocenters. The summed E-state index contributed by atoms with van der Waals surface area (Å²) in [7, 11) is 0. The Morgan fingerprint density at radius 2 is 1.76 bits per heavy atom. The molecule has 33 heavy (non-hydrogen) atoms. The molecule has 5 aromatic rings. The minimum atomic E-state index is -0.798. The van der Waals surface area contributed by atoms with Gasteiger partial charge in [0.25, 0.3) is 5.56 Å². The summed E-state index contributed by atoms with van der Waals surface area (Å²) in [6.07, 6.45) is 4.06. The fourth-order valence-corrected chi connectivity index (χ4v) is 3.31. The number of aryl methyl sites for hydroxylation is 1. The lowest BCUT2D eigenvalue weighted by atomic mass is 10.2. The smallest absolute Gasteiger partial charge is 0.266 e. The van der Waals surface area contributed by atoms with E-state index in [4.69, 9.17) is 5.73 Å². The molecule has 0 fully saturated rings. The second-order valence-corrected chi connectivity index (χ2v) is 7.07. The van der Waals surface area contributed by atoms with Crippen molar-refractivity contribution in [2.75, 3.05) is 5.73 Å². The number of nitrogens with zero attached hydrogens (tertiary/aromatic N) is 5. The lowest BCUT2D eigenvalue weighted by Gasteiger charge is -2.13. The fourth-order valence-electron chi connectivity index (χ4n) is 3.31. The number of hydrogen-bond donors (Lipinski definition) is 2. The van der Waals surface area contributed by atoms with Crippen LogP contribution < -0.4 is 11.3 Å². The molecule has 11 heteroatoms. The molecule has 0 bridgehead atoms. The molecule has 0 spiro atoms. The second kappa shape index (κ2) is 9.07. The van der Waals surface area contributed by atoms with Gasteiger partial charge in [-0.3, -0.25) is 9.36 Å². The number of imidazole rings is 1. The molecule has 2 aromatic carbocycles. The van der Waals surface area contributed by atoms with Crippen LogP contribution in [0.4, 0.5) is 19.0 Å². The molecule has 168 valence electrons. The van der Waals surface area contributed by atoms with Gasteiger partial charge in [-0.1, -0.05) is 6.92 Å². The molecular weight excluding hydrogens is 435 g/mol. The van der Waals surface area contributed by atoms with Gasteiger partial charge in [0.05, 0.1) is 22.9 Å². The Balaban J connectivity index is 0.000000214. The predicted molar refractivity (Wildman–Crippen MR) is 117 cm³/mol. The maximum absolute atomic E-state index is 13.5. The number of hydrogen-bond acceptors (Lipinski definition) is 6. The van der Waals surface area contributed by atoms with Crippen molar-refractivity contribution in [3.8, 4) is 5.69 Å². The summed E-state index contributed by atoms with van der Waals surface area (Å²) in [6.45, 7) is 1.90. The highest BCUT2D eigenvalue weighted by Crippen LogP contribution is 2.17. The van der Waals surface area contributed by atoms with Gasteiger partial charge in [0.15, 0.2) is 11.5 Å². The first kappa shape index (κ1) is 21.9. The number of nitrogens with two attached hydrogens (primary N) is 1. The van der Waals surface area contributed by atoms with E-state index in [-0.39, 0.29) is 11.1 Å². The number of rotatable bonds is 3. The normalized spacial score (nSPS) is 10.9. The van der Waals surface area contributed by atoms with Gasteiger partial charge in [-0.2, -0.15) is 0 Å². The topological polar surface area (TPSA) is 115 Å². The van der Waals surface area contributed by atoms with Crippen LogP contribution in [-0.4, -0.2) is 29.5 Å². The van der Waals surface area contributed by atoms with Crippen LogP contribution in [0.3, 0.4) is 0 Å². The van der Waals surface area contributed by atoms with Crippen molar-refractivity contribution in [1.82, 2.24) is 29.5 Å². The Labute approximate surface area is 185 Å². The number of nitrogens with one attached hydrogen (secondary N) is 1. The third kappa shape index (κ3) is 4.52. The number of nitrogen functional groups attached to an aromatic ring is 1. The van der Waals surface area contributed by atoms with Crippen LogP contribution in [0.15, 0.2) is 53.8 Å². The van der Waals surface area contributed by atoms with Crippen LogP contribution in [0.25, 0.3) is 27.8 Å². The molecule has 0 aliphatic rings. The zero-order valence-electron chi connectivity index (χ0n) is 17.4. The number of anilines is 1. The van der Waals surface area contributed by atoms with E-state index in [1.807, 2.05) is 6.92 Å². The van der Waals surface area contributed by atoms with Crippen LogP contribution in [0.1, 0.15) is 19.2 Å². The number of benzene rings is 2. The van der Waals surface area contributed by atoms with Crippen molar-refractivity contribution in [3.05, 3.63) is 82.7 Å². The molecule has 0 saturated heterocycles. The largest absolute Gasteiger partial charge is 0.382 e. The van der Waals surface area contributed by atoms with Crippen LogP contribution in [0.2, 0.25) is 0 Å². The molecular formula is C22H18F3N7O. The van der Waals surface area contributed by atoms with Crippen molar-refractivity contribution in [1.29, 1.82) is 0 Å². The number of halogens is 3. The summed E-state index contributed by atoms with van der Waals surface area (Å²) < 4.78 is 41.6.